The fourth-order valence-electron chi connectivity index (χ4n) is 8.23. The summed E-state index contributed by atoms with van der Waals surface area (Å²) in [6, 6.07) is 18.4. The Bertz CT molecular complexity index is 2770. The molecule has 1 aliphatic rings. The number of benzene rings is 4. The number of nitrogens with one attached hydrogen (secondary N) is 7. The van der Waals surface area contributed by atoms with Gasteiger partial charge in [-0.1, -0.05) is 79.7 Å². The molecule has 4 aromatic rings. The minimum Gasteiger partial charge on any atom is -0.508 e. The van der Waals surface area contributed by atoms with Crippen molar-refractivity contribution in [3.05, 3.63) is 119 Å². The highest BCUT2D eigenvalue weighted by molar-refractivity contribution is 5.96. The summed E-state index contributed by atoms with van der Waals surface area (Å²) in [5.41, 5.74) is 0.514. The second-order valence-electron chi connectivity index (χ2n) is 20.9. The highest BCUT2D eigenvalue weighted by atomic mass is 16.6. The number of nitrogens with zero attached hydrogens (tertiary/aromatic N) is 1. The maximum atomic E-state index is 15.0. The molecule has 0 aromatic heterocycles. The Morgan fingerprint density at radius 3 is 1.85 bits per heavy atom. The van der Waals surface area contributed by atoms with Crippen LogP contribution in [0.15, 0.2) is 97.1 Å². The number of phenolic OH excluding ortho intramolecular Hbond substituents is 2. The van der Waals surface area contributed by atoms with Gasteiger partial charge < -0.3 is 76.8 Å². The van der Waals surface area contributed by atoms with Crippen LogP contribution < -0.4 is 37.2 Å². The number of hydrogen-bond acceptors (Lipinski definition) is 14. The van der Waals surface area contributed by atoms with Gasteiger partial charge in [0.25, 0.3) is 0 Å². The van der Waals surface area contributed by atoms with Crippen molar-refractivity contribution in [1.82, 2.24) is 42.1 Å². The minimum absolute atomic E-state index is 0.0190. The Balaban J connectivity index is 1.53. The summed E-state index contributed by atoms with van der Waals surface area (Å²) in [6.07, 6.45) is -7.14. The number of amides is 8. The Kier molecular flexibility index (Phi) is 21.8. The molecule has 4 aromatic carbocycles. The maximum Gasteiger partial charge on any atom is 0.408 e. The molecule has 1 heterocycles. The van der Waals surface area contributed by atoms with Crippen LogP contribution in [0.25, 0.3) is 11.1 Å². The van der Waals surface area contributed by atoms with Gasteiger partial charge in [0.15, 0.2) is 0 Å². The number of carbonyl (C=O) groups is 8. The van der Waals surface area contributed by atoms with E-state index in [9.17, 15) is 58.8 Å². The number of ether oxygens (including phenoxy) is 3. The number of aliphatic hydroxyl groups is 1. The van der Waals surface area contributed by atoms with E-state index in [4.69, 9.17) is 14.2 Å². The first-order chi connectivity index (χ1) is 37.3. The van der Waals surface area contributed by atoms with Crippen molar-refractivity contribution >= 4 is 48.0 Å². The number of carbonyl (C=O) groups excluding carboxylic acids is 7. The van der Waals surface area contributed by atoms with Gasteiger partial charge in [0, 0.05) is 45.4 Å². The highest BCUT2D eigenvalue weighted by Gasteiger charge is 2.38. The smallest absolute Gasteiger partial charge is 0.408 e. The van der Waals surface area contributed by atoms with Gasteiger partial charge in [-0.3, -0.25) is 19.2 Å². The lowest BCUT2D eigenvalue weighted by Gasteiger charge is -2.32. The van der Waals surface area contributed by atoms with Crippen molar-refractivity contribution in [3.8, 4) is 22.6 Å². The molecular weight excluding hydrogens is 1020 g/mol. The summed E-state index contributed by atoms with van der Waals surface area (Å²) < 4.78 is 16.2. The maximum absolute atomic E-state index is 15.0. The standard InChI is InChI=1S/C56H72N8O15/c1-8-40(61-52(73)78-55(2,3)4)46-50(71)60-41(27-37-25-35(19-21-44(37)66)36-20-22-45(67)38(26-36)28-42(49(70)63-46)62-53(74)79-56(5,6)7)48(69)59-43(29-39(65)30-58-51(72)77-32-34-17-13-10-14-18-34)47(68)57-23-24-64(54(75)76)31-33-15-11-9-12-16-33/h9-22,25-26,39-43,46,65-67H,8,23-24,27-32H2,1-7H3,(H,57,68)(H,58,72)(H,59,69)(H,60,71)(H,61,73)(H,62,74)(H,63,70)(H,75,76)/t39-,40?,41+,42+,43+,46+/m1/s1. The lowest BCUT2D eigenvalue weighted by molar-refractivity contribution is -0.134. The number of aliphatic hydroxyl groups excluding tert-OH is 1. The molecular formula is C56H72N8O15. The lowest BCUT2D eigenvalue weighted by atomic mass is 9.95. The average Bonchev–Trinajstić information content (AvgIpc) is 3.40. The average molecular weight is 1100 g/mol. The van der Waals surface area contributed by atoms with E-state index in [1.807, 2.05) is 0 Å². The van der Waals surface area contributed by atoms with Gasteiger partial charge in [-0.25, -0.2) is 19.2 Å². The quantitative estimate of drug-likeness (QED) is 0.0612. The Hall–Kier alpha value is -8.60. The molecule has 5 rings (SSSR count). The van der Waals surface area contributed by atoms with E-state index >= 15 is 0 Å². The van der Waals surface area contributed by atoms with E-state index in [1.54, 1.807) is 127 Å². The molecule has 0 radical (unpaired) electrons. The van der Waals surface area contributed by atoms with Crippen LogP contribution in [0.2, 0.25) is 0 Å². The molecule has 0 saturated heterocycles. The summed E-state index contributed by atoms with van der Waals surface area (Å²) in [5, 5.41) is 61.7. The normalized spacial score (nSPS) is 16.8. The van der Waals surface area contributed by atoms with E-state index in [0.717, 1.165) is 4.90 Å². The van der Waals surface area contributed by atoms with Gasteiger partial charge in [0.2, 0.25) is 23.6 Å². The van der Waals surface area contributed by atoms with Crippen molar-refractivity contribution in [3.63, 3.8) is 0 Å². The fourth-order valence-corrected chi connectivity index (χ4v) is 8.23. The third kappa shape index (κ3) is 20.0. The molecule has 0 aliphatic carbocycles. The molecule has 0 saturated carbocycles. The predicted octanol–water partition coefficient (Wildman–Crippen LogP) is 4.49. The van der Waals surface area contributed by atoms with Gasteiger partial charge in [-0.2, -0.15) is 0 Å². The minimum atomic E-state index is -1.75. The van der Waals surface area contributed by atoms with Gasteiger partial charge in [-0.05, 0) is 106 Å². The van der Waals surface area contributed by atoms with Crippen LogP contribution in [0.1, 0.15) is 83.6 Å². The van der Waals surface area contributed by atoms with E-state index < -0.39 is 115 Å². The Morgan fingerprint density at radius 2 is 1.28 bits per heavy atom. The Labute approximate surface area is 458 Å². The zero-order chi connectivity index (χ0) is 58.0. The van der Waals surface area contributed by atoms with Crippen molar-refractivity contribution in [2.24, 2.45) is 0 Å². The predicted molar refractivity (Wildman–Crippen MR) is 288 cm³/mol. The molecule has 0 spiro atoms. The largest absolute Gasteiger partial charge is 0.508 e. The molecule has 11 N–H and O–H groups in total. The summed E-state index contributed by atoms with van der Waals surface area (Å²) >= 11 is 0. The van der Waals surface area contributed by atoms with E-state index in [2.05, 4.69) is 37.2 Å². The van der Waals surface area contributed by atoms with Gasteiger partial charge in [0.05, 0.1) is 12.1 Å². The number of rotatable bonds is 18. The summed E-state index contributed by atoms with van der Waals surface area (Å²) in [7, 11) is 0. The zero-order valence-corrected chi connectivity index (χ0v) is 45.3. The monoisotopic (exact) mass is 1100 g/mol. The number of hydrogen-bond donors (Lipinski definition) is 11. The first-order valence-electron chi connectivity index (χ1n) is 25.7. The van der Waals surface area contributed by atoms with E-state index in [-0.39, 0.29) is 61.7 Å². The molecule has 426 valence electrons. The van der Waals surface area contributed by atoms with Crippen LogP contribution in [0.5, 0.6) is 11.5 Å². The zero-order valence-electron chi connectivity index (χ0n) is 45.3. The SMILES string of the molecule is CCC(NC(=O)OC(C)(C)C)[C@@H]1NC(=O)[C@@H](NC(=O)OC(C)(C)C)Cc2cc(ccc2O)-c2ccc(O)c(c2)C[C@@H](C(=O)N[C@@H](C[C@@H](O)CNC(=O)OCc2ccccc2)C(=O)NCCN(Cc2ccccc2)C(=O)O)NC1=O. The van der Waals surface area contributed by atoms with Crippen LogP contribution in [0.3, 0.4) is 0 Å². The van der Waals surface area contributed by atoms with Crippen molar-refractivity contribution in [2.75, 3.05) is 19.6 Å². The first-order valence-corrected chi connectivity index (χ1v) is 25.7. The number of aromatic hydroxyl groups is 2. The first kappa shape index (κ1) is 61.3. The van der Waals surface area contributed by atoms with Crippen LogP contribution >= 0.6 is 0 Å². The van der Waals surface area contributed by atoms with Crippen LogP contribution in [-0.4, -0.2) is 140 Å². The van der Waals surface area contributed by atoms with Gasteiger partial charge >= 0.3 is 24.4 Å². The van der Waals surface area contributed by atoms with Crippen molar-refractivity contribution in [1.29, 1.82) is 0 Å². The number of phenols is 2. The van der Waals surface area contributed by atoms with Crippen molar-refractivity contribution < 1.29 is 73.0 Å². The van der Waals surface area contributed by atoms with Crippen LogP contribution in [0.4, 0.5) is 19.2 Å². The molecule has 79 heavy (non-hydrogen) atoms. The topological polar surface area (TPSA) is 333 Å². The van der Waals surface area contributed by atoms with Gasteiger partial charge in [0.1, 0.15) is 53.5 Å². The fraction of sp³-hybridized carbons (Fsp3) is 0.429. The molecule has 1 unspecified atom stereocenters. The lowest BCUT2D eigenvalue weighted by Crippen LogP contribution is -2.64. The molecule has 23 heteroatoms. The molecule has 0 fully saturated rings. The van der Waals surface area contributed by atoms with Crippen LogP contribution in [0, 0.1) is 0 Å². The Morgan fingerprint density at radius 1 is 0.709 bits per heavy atom. The summed E-state index contributed by atoms with van der Waals surface area (Å²) in [5.74, 6) is -4.60. The second-order valence-corrected chi connectivity index (χ2v) is 20.9. The molecule has 23 nitrogen and oxygen atoms in total. The highest BCUT2D eigenvalue weighted by Crippen LogP contribution is 2.31. The molecule has 4 bridgehead atoms. The van der Waals surface area contributed by atoms with E-state index in [1.165, 1.54) is 18.2 Å². The molecule has 6 atom stereocenters. The summed E-state index contributed by atoms with van der Waals surface area (Å²) in [4.78, 5) is 111. The number of fused-ring (bicyclic) bond motifs is 5. The summed E-state index contributed by atoms with van der Waals surface area (Å²) in [6.45, 7) is 10.2. The number of carboxylic acid groups (broad SMARTS) is 1. The van der Waals surface area contributed by atoms with Crippen molar-refractivity contribution in [2.45, 2.75) is 135 Å². The van der Waals surface area contributed by atoms with E-state index in [0.29, 0.717) is 22.3 Å². The third-order valence-electron chi connectivity index (χ3n) is 12.1. The molecule has 8 amide bonds. The van der Waals surface area contributed by atoms with Crippen LogP contribution in [-0.2, 0) is 59.4 Å². The number of alkyl carbamates (subject to hydrolysis) is 3. The second kappa shape index (κ2) is 28.1. The van der Waals surface area contributed by atoms with Gasteiger partial charge in [-0.15, -0.1) is 0 Å². The molecule has 1 aliphatic heterocycles. The third-order valence-corrected chi connectivity index (χ3v) is 12.1.